The lowest BCUT2D eigenvalue weighted by atomic mass is 10.0. The number of pyridine rings is 1. The predicted octanol–water partition coefficient (Wildman–Crippen LogP) is 1.42. The lowest BCUT2D eigenvalue weighted by molar-refractivity contribution is 0.0115. The van der Waals surface area contributed by atoms with Gasteiger partial charge in [-0.3, -0.25) is 4.90 Å². The van der Waals surface area contributed by atoms with Gasteiger partial charge in [-0.1, -0.05) is 0 Å². The Labute approximate surface area is 120 Å². The molecule has 1 aromatic rings. The Balaban J connectivity index is 1.54. The zero-order valence-corrected chi connectivity index (χ0v) is 12.2. The molecule has 0 unspecified atom stereocenters. The number of nitrogens with zero attached hydrogens (tertiary/aromatic N) is 3. The molecule has 0 atom stereocenters. The number of rotatable bonds is 3. The molecule has 0 spiro atoms. The summed E-state index contributed by atoms with van der Waals surface area (Å²) in [6, 6.07) is 4.94. The first-order valence-corrected chi connectivity index (χ1v) is 7.57. The summed E-state index contributed by atoms with van der Waals surface area (Å²) in [6.07, 6.45) is 4.46. The number of morpholine rings is 1. The zero-order chi connectivity index (χ0) is 13.8. The standard InChI is InChI=1S/C15H24N4O/c1-16-15-3-2-14(12-17-15)18-6-4-13(5-7-18)19-8-10-20-11-9-19/h2-3,12-13H,4-11H2,1H3,(H,16,17). The maximum Gasteiger partial charge on any atom is 0.125 e. The Morgan fingerprint density at radius 2 is 1.90 bits per heavy atom. The van der Waals surface area contributed by atoms with Crippen molar-refractivity contribution in [3.05, 3.63) is 18.3 Å². The van der Waals surface area contributed by atoms with Crippen LogP contribution in [0.5, 0.6) is 0 Å². The summed E-state index contributed by atoms with van der Waals surface area (Å²) in [4.78, 5) is 9.45. The van der Waals surface area contributed by atoms with Gasteiger partial charge in [0.2, 0.25) is 0 Å². The first-order valence-electron chi connectivity index (χ1n) is 7.57. The maximum atomic E-state index is 5.44. The van der Waals surface area contributed by atoms with Gasteiger partial charge in [-0.2, -0.15) is 0 Å². The normalized spacial score (nSPS) is 21.9. The molecule has 3 heterocycles. The van der Waals surface area contributed by atoms with E-state index in [0.29, 0.717) is 0 Å². The van der Waals surface area contributed by atoms with Crippen molar-refractivity contribution < 1.29 is 4.74 Å². The molecule has 0 amide bonds. The Hall–Kier alpha value is -1.33. The van der Waals surface area contributed by atoms with Crippen LogP contribution in [0.15, 0.2) is 18.3 Å². The van der Waals surface area contributed by atoms with Gasteiger partial charge in [0, 0.05) is 39.3 Å². The number of anilines is 2. The van der Waals surface area contributed by atoms with Crippen LogP contribution < -0.4 is 10.2 Å². The molecule has 2 fully saturated rings. The van der Waals surface area contributed by atoms with Crippen LogP contribution in [-0.2, 0) is 4.74 Å². The fraction of sp³-hybridized carbons (Fsp3) is 0.667. The molecule has 0 aromatic carbocycles. The highest BCUT2D eigenvalue weighted by Crippen LogP contribution is 2.23. The number of nitrogens with one attached hydrogen (secondary N) is 1. The van der Waals surface area contributed by atoms with Crippen LogP contribution >= 0.6 is 0 Å². The van der Waals surface area contributed by atoms with Gasteiger partial charge in [0.05, 0.1) is 25.1 Å². The molecule has 20 heavy (non-hydrogen) atoms. The first-order chi connectivity index (χ1) is 9.86. The quantitative estimate of drug-likeness (QED) is 0.904. The zero-order valence-electron chi connectivity index (χ0n) is 12.2. The van der Waals surface area contributed by atoms with E-state index in [1.54, 1.807) is 0 Å². The van der Waals surface area contributed by atoms with Crippen LogP contribution in [0.3, 0.4) is 0 Å². The van der Waals surface area contributed by atoms with Crippen LogP contribution in [0.4, 0.5) is 11.5 Å². The van der Waals surface area contributed by atoms with E-state index in [1.807, 2.05) is 19.3 Å². The summed E-state index contributed by atoms with van der Waals surface area (Å²) in [7, 11) is 1.90. The molecule has 0 radical (unpaired) electrons. The highest BCUT2D eigenvalue weighted by molar-refractivity contribution is 5.49. The third kappa shape index (κ3) is 3.04. The summed E-state index contributed by atoms with van der Waals surface area (Å²) < 4.78 is 5.44. The van der Waals surface area contributed by atoms with E-state index in [-0.39, 0.29) is 0 Å². The molecule has 3 rings (SSSR count). The minimum absolute atomic E-state index is 0.736. The molecule has 0 aliphatic carbocycles. The highest BCUT2D eigenvalue weighted by atomic mass is 16.5. The second-order valence-corrected chi connectivity index (χ2v) is 5.52. The summed E-state index contributed by atoms with van der Waals surface area (Å²) in [5, 5.41) is 3.06. The van der Waals surface area contributed by atoms with E-state index < -0.39 is 0 Å². The third-order valence-corrected chi connectivity index (χ3v) is 4.40. The largest absolute Gasteiger partial charge is 0.379 e. The van der Waals surface area contributed by atoms with E-state index in [4.69, 9.17) is 4.74 Å². The number of ether oxygens (including phenoxy) is 1. The van der Waals surface area contributed by atoms with Crippen molar-refractivity contribution in [2.75, 3.05) is 56.7 Å². The SMILES string of the molecule is CNc1ccc(N2CCC(N3CCOCC3)CC2)cn1. The molecule has 110 valence electrons. The van der Waals surface area contributed by atoms with E-state index >= 15 is 0 Å². The van der Waals surface area contributed by atoms with Gasteiger partial charge in [-0.25, -0.2) is 4.98 Å². The molecular weight excluding hydrogens is 252 g/mol. The average Bonchev–Trinajstić information content (AvgIpc) is 2.56. The van der Waals surface area contributed by atoms with Gasteiger partial charge in [-0.15, -0.1) is 0 Å². The molecule has 2 saturated heterocycles. The molecule has 0 bridgehead atoms. The van der Waals surface area contributed by atoms with Crippen molar-refractivity contribution in [2.45, 2.75) is 18.9 Å². The first kappa shape index (κ1) is 13.6. The third-order valence-electron chi connectivity index (χ3n) is 4.40. The van der Waals surface area contributed by atoms with Crippen molar-refractivity contribution in [3.63, 3.8) is 0 Å². The summed E-state index contributed by atoms with van der Waals surface area (Å²) in [5.74, 6) is 0.928. The lowest BCUT2D eigenvalue weighted by Crippen LogP contribution is -2.49. The van der Waals surface area contributed by atoms with Crippen LogP contribution in [0.2, 0.25) is 0 Å². The van der Waals surface area contributed by atoms with Crippen molar-refractivity contribution in [1.29, 1.82) is 0 Å². The molecule has 1 aromatic heterocycles. The Kier molecular flexibility index (Phi) is 4.38. The predicted molar refractivity (Wildman–Crippen MR) is 81.4 cm³/mol. The van der Waals surface area contributed by atoms with Gasteiger partial charge in [0.1, 0.15) is 5.82 Å². The van der Waals surface area contributed by atoms with Crippen LogP contribution in [0.25, 0.3) is 0 Å². The van der Waals surface area contributed by atoms with Crippen molar-refractivity contribution in [2.24, 2.45) is 0 Å². The number of hydrogen-bond donors (Lipinski definition) is 1. The smallest absolute Gasteiger partial charge is 0.125 e. The van der Waals surface area contributed by atoms with Gasteiger partial charge >= 0.3 is 0 Å². The molecular formula is C15H24N4O. The lowest BCUT2D eigenvalue weighted by Gasteiger charge is -2.40. The van der Waals surface area contributed by atoms with Crippen LogP contribution in [0, 0.1) is 0 Å². The fourth-order valence-corrected chi connectivity index (χ4v) is 3.15. The Morgan fingerprint density at radius 3 is 2.50 bits per heavy atom. The minimum atomic E-state index is 0.736. The van der Waals surface area contributed by atoms with Gasteiger partial charge < -0.3 is 15.0 Å². The van der Waals surface area contributed by atoms with E-state index in [0.717, 1.165) is 51.3 Å². The second-order valence-electron chi connectivity index (χ2n) is 5.52. The van der Waals surface area contributed by atoms with E-state index in [1.165, 1.54) is 18.5 Å². The van der Waals surface area contributed by atoms with Gasteiger partial charge in [-0.05, 0) is 25.0 Å². The topological polar surface area (TPSA) is 40.6 Å². The van der Waals surface area contributed by atoms with Crippen LogP contribution in [-0.4, -0.2) is 62.4 Å². The summed E-state index contributed by atoms with van der Waals surface area (Å²) in [6.45, 7) is 6.25. The maximum absolute atomic E-state index is 5.44. The molecule has 2 aliphatic heterocycles. The molecule has 5 nitrogen and oxygen atoms in total. The number of piperidine rings is 1. The number of aromatic nitrogens is 1. The Morgan fingerprint density at radius 1 is 1.15 bits per heavy atom. The van der Waals surface area contributed by atoms with Crippen molar-refractivity contribution in [1.82, 2.24) is 9.88 Å². The van der Waals surface area contributed by atoms with E-state index in [9.17, 15) is 0 Å². The van der Waals surface area contributed by atoms with Crippen molar-refractivity contribution >= 4 is 11.5 Å². The minimum Gasteiger partial charge on any atom is -0.379 e. The monoisotopic (exact) mass is 276 g/mol. The molecule has 1 N–H and O–H groups in total. The summed E-state index contributed by atoms with van der Waals surface area (Å²) >= 11 is 0. The molecule has 0 saturated carbocycles. The highest BCUT2D eigenvalue weighted by Gasteiger charge is 2.25. The van der Waals surface area contributed by atoms with E-state index in [2.05, 4.69) is 26.2 Å². The van der Waals surface area contributed by atoms with Crippen molar-refractivity contribution in [3.8, 4) is 0 Å². The average molecular weight is 276 g/mol. The van der Waals surface area contributed by atoms with Crippen LogP contribution in [0.1, 0.15) is 12.8 Å². The second kappa shape index (κ2) is 6.41. The van der Waals surface area contributed by atoms with Gasteiger partial charge in [0.25, 0.3) is 0 Å². The number of hydrogen-bond acceptors (Lipinski definition) is 5. The summed E-state index contributed by atoms with van der Waals surface area (Å²) in [5.41, 5.74) is 1.24. The fourth-order valence-electron chi connectivity index (χ4n) is 3.15. The molecule has 5 heteroatoms. The van der Waals surface area contributed by atoms with Gasteiger partial charge in [0.15, 0.2) is 0 Å². The molecule has 2 aliphatic rings. The Bertz CT molecular complexity index is 408.